The van der Waals surface area contributed by atoms with E-state index in [0.717, 1.165) is 11.3 Å². The molecule has 0 aromatic heterocycles. The van der Waals surface area contributed by atoms with Crippen molar-refractivity contribution >= 4 is 10.0 Å². The molecule has 1 aliphatic heterocycles. The van der Waals surface area contributed by atoms with Gasteiger partial charge in [0.15, 0.2) is 0 Å². The number of sulfonamides is 1. The van der Waals surface area contributed by atoms with Crippen LogP contribution in [-0.2, 0) is 16.6 Å². The van der Waals surface area contributed by atoms with E-state index in [-0.39, 0.29) is 31.0 Å². The molecule has 8 heteroatoms. The zero-order valence-electron chi connectivity index (χ0n) is 16.5. The molecule has 2 aromatic carbocycles. The van der Waals surface area contributed by atoms with Gasteiger partial charge in [0.05, 0.1) is 17.6 Å². The number of aliphatic hydroxyl groups is 2. The van der Waals surface area contributed by atoms with E-state index in [1.54, 1.807) is 18.2 Å². The van der Waals surface area contributed by atoms with Crippen LogP contribution in [-0.4, -0.2) is 60.9 Å². The van der Waals surface area contributed by atoms with Crippen LogP contribution in [0.4, 0.5) is 0 Å². The number of hydrogen-bond donors (Lipinski definition) is 3. The van der Waals surface area contributed by atoms with Crippen molar-refractivity contribution in [3.63, 3.8) is 0 Å². The lowest BCUT2D eigenvalue weighted by Crippen LogP contribution is -2.62. The summed E-state index contributed by atoms with van der Waals surface area (Å²) in [5.74, 6) is 0.791. The number of piperidine rings is 1. The first kappa shape index (κ1) is 21.7. The summed E-state index contributed by atoms with van der Waals surface area (Å²) in [5.41, 5.74) is -0.568. The number of benzene rings is 2. The molecule has 2 aromatic rings. The fourth-order valence-electron chi connectivity index (χ4n) is 3.44. The summed E-state index contributed by atoms with van der Waals surface area (Å²) in [6.45, 7) is 3.08. The highest BCUT2D eigenvalue weighted by Gasteiger charge is 2.44. The Morgan fingerprint density at radius 2 is 1.86 bits per heavy atom. The second kappa shape index (κ2) is 9.23. The van der Waals surface area contributed by atoms with E-state index in [9.17, 15) is 18.6 Å². The molecule has 7 nitrogen and oxygen atoms in total. The largest absolute Gasteiger partial charge is 0.494 e. The molecule has 1 heterocycles. The van der Waals surface area contributed by atoms with Crippen LogP contribution in [0.3, 0.4) is 0 Å². The summed E-state index contributed by atoms with van der Waals surface area (Å²) in [5, 5.41) is 24.5. The average Bonchev–Trinajstić information content (AvgIpc) is 2.72. The number of nitrogens with zero attached hydrogens (tertiary/aromatic N) is 1. The second-order valence-corrected chi connectivity index (χ2v) is 9.18. The van der Waals surface area contributed by atoms with E-state index in [4.69, 9.17) is 4.74 Å². The first-order chi connectivity index (χ1) is 13.8. The second-order valence-electron chi connectivity index (χ2n) is 7.24. The van der Waals surface area contributed by atoms with Crippen LogP contribution in [0.5, 0.6) is 5.75 Å². The third-order valence-electron chi connectivity index (χ3n) is 5.10. The minimum atomic E-state index is -3.72. The standard InChI is InChI=1S/C21H28N2O5S/c1-2-28-18-10-8-17(9-11-18)14-22-15-21(25)16-23(13-12-20(21)24)29(26,27)19-6-4-3-5-7-19/h3-11,20,22,24-25H,2,12-16H2,1H3/t20-,21+/m1/s1. The zero-order chi connectivity index (χ0) is 20.9. The van der Waals surface area contributed by atoms with E-state index in [1.165, 1.54) is 16.4 Å². The van der Waals surface area contributed by atoms with Gasteiger partial charge >= 0.3 is 0 Å². The van der Waals surface area contributed by atoms with Crippen LogP contribution >= 0.6 is 0 Å². The molecule has 1 fully saturated rings. The summed E-state index contributed by atoms with van der Waals surface area (Å²) < 4.78 is 32.4. The normalized spacial score (nSPS) is 23.1. The summed E-state index contributed by atoms with van der Waals surface area (Å²) in [7, 11) is -3.72. The maximum absolute atomic E-state index is 12.9. The Bertz CT molecular complexity index is 889. The van der Waals surface area contributed by atoms with Crippen molar-refractivity contribution in [3.05, 3.63) is 60.2 Å². The van der Waals surface area contributed by atoms with Crippen LogP contribution in [0, 0.1) is 0 Å². The van der Waals surface area contributed by atoms with Gasteiger partial charge in [-0.3, -0.25) is 0 Å². The SMILES string of the molecule is CCOc1ccc(CNC[C@]2(O)CN(S(=O)(=O)c3ccccc3)CC[C@H]2O)cc1. The Labute approximate surface area is 172 Å². The van der Waals surface area contributed by atoms with Crippen LogP contribution in [0.1, 0.15) is 18.9 Å². The van der Waals surface area contributed by atoms with Gasteiger partial charge in [-0.25, -0.2) is 8.42 Å². The van der Waals surface area contributed by atoms with Gasteiger partial charge in [-0.1, -0.05) is 30.3 Å². The maximum Gasteiger partial charge on any atom is 0.243 e. The van der Waals surface area contributed by atoms with Crippen molar-refractivity contribution < 1.29 is 23.4 Å². The monoisotopic (exact) mass is 420 g/mol. The Morgan fingerprint density at radius 3 is 2.52 bits per heavy atom. The minimum absolute atomic E-state index is 0.0716. The van der Waals surface area contributed by atoms with E-state index in [1.807, 2.05) is 31.2 Å². The third-order valence-corrected chi connectivity index (χ3v) is 6.96. The van der Waals surface area contributed by atoms with Gasteiger partial charge in [-0.05, 0) is 43.2 Å². The van der Waals surface area contributed by atoms with Gasteiger partial charge in [0, 0.05) is 26.2 Å². The molecular formula is C21H28N2O5S. The molecule has 1 saturated heterocycles. The molecule has 0 bridgehead atoms. The molecule has 0 amide bonds. The third kappa shape index (κ3) is 5.15. The molecule has 29 heavy (non-hydrogen) atoms. The van der Waals surface area contributed by atoms with Crippen molar-refractivity contribution in [2.75, 3.05) is 26.2 Å². The zero-order valence-corrected chi connectivity index (χ0v) is 17.3. The molecule has 0 spiro atoms. The van der Waals surface area contributed by atoms with Crippen molar-refractivity contribution in [2.45, 2.75) is 36.5 Å². The number of hydrogen-bond acceptors (Lipinski definition) is 6. The summed E-state index contributed by atoms with van der Waals surface area (Å²) in [6.07, 6.45) is -0.828. The van der Waals surface area contributed by atoms with E-state index in [0.29, 0.717) is 13.2 Å². The Morgan fingerprint density at radius 1 is 1.17 bits per heavy atom. The highest BCUT2D eigenvalue weighted by atomic mass is 32.2. The molecule has 2 atom stereocenters. The van der Waals surface area contributed by atoms with Gasteiger partial charge in [-0.2, -0.15) is 4.31 Å². The quantitative estimate of drug-likeness (QED) is 0.597. The first-order valence-electron chi connectivity index (χ1n) is 9.73. The lowest BCUT2D eigenvalue weighted by Gasteiger charge is -2.42. The van der Waals surface area contributed by atoms with Crippen LogP contribution in [0.2, 0.25) is 0 Å². The van der Waals surface area contributed by atoms with Gasteiger partial charge in [0.25, 0.3) is 0 Å². The van der Waals surface area contributed by atoms with Gasteiger partial charge < -0.3 is 20.3 Å². The van der Waals surface area contributed by atoms with Crippen LogP contribution in [0.25, 0.3) is 0 Å². The fourth-order valence-corrected chi connectivity index (χ4v) is 4.98. The molecule has 0 radical (unpaired) electrons. The van der Waals surface area contributed by atoms with Crippen molar-refractivity contribution in [1.82, 2.24) is 9.62 Å². The molecule has 0 saturated carbocycles. The lowest BCUT2D eigenvalue weighted by molar-refractivity contribution is -0.104. The molecule has 3 N–H and O–H groups in total. The Balaban J connectivity index is 1.63. The van der Waals surface area contributed by atoms with Gasteiger partial charge in [0.1, 0.15) is 11.4 Å². The molecule has 158 valence electrons. The Hall–Kier alpha value is -1.97. The van der Waals surface area contributed by atoms with Crippen molar-refractivity contribution in [3.8, 4) is 5.75 Å². The van der Waals surface area contributed by atoms with Gasteiger partial charge in [0.2, 0.25) is 10.0 Å². The molecule has 0 unspecified atom stereocenters. The molecule has 1 aliphatic rings. The predicted octanol–water partition coefficient (Wildman–Crippen LogP) is 1.36. The first-order valence-corrected chi connectivity index (χ1v) is 11.2. The number of ether oxygens (including phenoxy) is 1. The highest BCUT2D eigenvalue weighted by Crippen LogP contribution is 2.26. The van der Waals surface area contributed by atoms with E-state index < -0.39 is 21.7 Å². The van der Waals surface area contributed by atoms with Crippen molar-refractivity contribution in [1.29, 1.82) is 0 Å². The van der Waals surface area contributed by atoms with E-state index in [2.05, 4.69) is 5.32 Å². The number of aliphatic hydroxyl groups excluding tert-OH is 1. The number of β-amino-alcohol motifs (C(OH)–C–C–N with tert-alkyl or cyclic N) is 1. The smallest absolute Gasteiger partial charge is 0.243 e. The summed E-state index contributed by atoms with van der Waals surface area (Å²) >= 11 is 0. The maximum atomic E-state index is 12.9. The minimum Gasteiger partial charge on any atom is -0.494 e. The number of rotatable bonds is 8. The summed E-state index contributed by atoms with van der Waals surface area (Å²) in [6, 6.07) is 15.7. The topological polar surface area (TPSA) is 99.1 Å². The highest BCUT2D eigenvalue weighted by molar-refractivity contribution is 7.89. The van der Waals surface area contributed by atoms with E-state index >= 15 is 0 Å². The molecule has 0 aliphatic carbocycles. The number of nitrogens with one attached hydrogen (secondary N) is 1. The van der Waals surface area contributed by atoms with Crippen LogP contribution in [0.15, 0.2) is 59.5 Å². The molecule has 3 rings (SSSR count). The predicted molar refractivity (Wildman–Crippen MR) is 110 cm³/mol. The van der Waals surface area contributed by atoms with Crippen molar-refractivity contribution in [2.24, 2.45) is 0 Å². The Kier molecular flexibility index (Phi) is 6.92. The summed E-state index contributed by atoms with van der Waals surface area (Å²) in [4.78, 5) is 0.182. The lowest BCUT2D eigenvalue weighted by atomic mass is 9.90. The molecular weight excluding hydrogens is 392 g/mol. The average molecular weight is 421 g/mol. The van der Waals surface area contributed by atoms with Crippen LogP contribution < -0.4 is 10.1 Å². The van der Waals surface area contributed by atoms with Gasteiger partial charge in [-0.15, -0.1) is 0 Å². The fraction of sp³-hybridized carbons (Fsp3) is 0.429.